The molecule has 0 aliphatic carbocycles. The van der Waals surface area contributed by atoms with E-state index in [1.165, 1.54) is 48.5 Å². The second-order valence-corrected chi connectivity index (χ2v) is 17.5. The number of para-hydroxylation sites is 4. The van der Waals surface area contributed by atoms with Gasteiger partial charge in [0.1, 0.15) is 42.6 Å². The number of rotatable bonds is 12. The molecule has 4 atom stereocenters. The van der Waals surface area contributed by atoms with Crippen LogP contribution < -0.4 is 37.7 Å². The third-order valence-corrected chi connectivity index (χ3v) is 10.4. The summed E-state index contributed by atoms with van der Waals surface area (Å²) in [6.45, 7) is 0. The van der Waals surface area contributed by atoms with Crippen LogP contribution in [0.3, 0.4) is 0 Å². The molecule has 57 heavy (non-hydrogen) atoms. The van der Waals surface area contributed by atoms with E-state index in [1.807, 2.05) is 0 Å². The van der Waals surface area contributed by atoms with Gasteiger partial charge in [0.05, 0.1) is 0 Å². The van der Waals surface area contributed by atoms with Crippen molar-refractivity contribution in [1.29, 1.82) is 0 Å². The average Bonchev–Trinajstić information content (AvgIpc) is 3.04. The zero-order valence-electron chi connectivity index (χ0n) is 27.3. The summed E-state index contributed by atoms with van der Waals surface area (Å²) in [7, 11) is -32.0. The Labute approximate surface area is 340 Å². The van der Waals surface area contributed by atoms with Gasteiger partial charge in [-0.15, -0.1) is 0 Å². The maximum absolute atomic E-state index is 10.7. The fourth-order valence-electron chi connectivity index (χ4n) is 3.35. The average molecular weight is 996 g/mol. The molecule has 0 radical (unpaired) electrons. The molecular weight excluding hydrogens is 972 g/mol. The minimum absolute atomic E-state index is 0. The summed E-state index contributed by atoms with van der Waals surface area (Å²) in [5.41, 5.74) is 0. The first kappa shape index (κ1) is 54.2. The second kappa shape index (κ2) is 24.3. The number of hydrogen-bond donors (Lipinski definition) is 4. The van der Waals surface area contributed by atoms with Gasteiger partial charge in [-0.25, -0.2) is 0 Å². The van der Waals surface area contributed by atoms with Gasteiger partial charge < -0.3 is 37.7 Å². The molecule has 4 unspecified atom stereocenters. The topological polar surface area (TPSA) is 415 Å². The second-order valence-electron chi connectivity index (χ2n) is 9.10. The van der Waals surface area contributed by atoms with Crippen LogP contribution in [0.5, 0.6) is 23.0 Å². The van der Waals surface area contributed by atoms with Crippen molar-refractivity contribution in [3.63, 3.8) is 0 Å². The molecule has 4 rings (SSSR count). The van der Waals surface area contributed by atoms with E-state index in [-0.39, 0.29) is 21.7 Å². The summed E-state index contributed by atoms with van der Waals surface area (Å²) >= 11 is 0. The maximum atomic E-state index is 10.7. The van der Waals surface area contributed by atoms with Crippen molar-refractivity contribution < 1.29 is 130 Å². The Kier molecular flexibility index (Phi) is 23.1. The van der Waals surface area contributed by atoms with Crippen LogP contribution in [-0.4, -0.2) is 51.9 Å². The van der Waals surface area contributed by atoms with Crippen molar-refractivity contribution >= 4 is 73.5 Å². The van der Waals surface area contributed by atoms with Gasteiger partial charge in [-0.05, 0) is 48.5 Å². The molecule has 0 spiro atoms. The first-order valence-electron chi connectivity index (χ1n) is 13.5. The molecule has 0 heterocycles. The molecule has 0 saturated heterocycles. The standard InChI is InChI=1S/4C6H7O6PS.Ti/c4*7-13(8)12-5-3-1-2-4-6(5)14(9,10)11;/h4*1-4,13H,(H,7,8)(H,9,10,11);/q;;;;+4/p-4. The molecule has 4 N–H and O–H groups in total. The normalized spacial score (nSPS) is 13.3. The van der Waals surface area contributed by atoms with E-state index in [2.05, 4.69) is 18.1 Å². The van der Waals surface area contributed by atoms with Gasteiger partial charge in [0.25, 0.3) is 40.5 Å². The Morgan fingerprint density at radius 1 is 0.351 bits per heavy atom. The van der Waals surface area contributed by atoms with Crippen LogP contribution in [0.25, 0.3) is 0 Å². The molecule has 0 saturated carbocycles. The summed E-state index contributed by atoms with van der Waals surface area (Å²) in [5, 5.41) is 0. The van der Waals surface area contributed by atoms with Crippen molar-refractivity contribution in [3.8, 4) is 23.0 Å². The van der Waals surface area contributed by atoms with E-state index in [4.69, 9.17) is 18.2 Å². The Morgan fingerprint density at radius 2 is 0.491 bits per heavy atom. The first-order valence-corrected chi connectivity index (χ1v) is 24.1. The fraction of sp³-hybridized carbons (Fsp3) is 0. The molecule has 33 heteroatoms. The smallest absolute Gasteiger partial charge is 0.771 e. The van der Waals surface area contributed by atoms with Gasteiger partial charge in [0.15, 0.2) is 33.0 Å². The number of hydrogen-bond acceptors (Lipinski definition) is 20. The molecule has 4 aromatic carbocycles. The molecule has 24 nitrogen and oxygen atoms in total. The molecule has 0 fully saturated rings. The van der Waals surface area contributed by atoms with Gasteiger partial charge in [-0.3, -0.25) is 36.5 Å². The first-order chi connectivity index (χ1) is 25.6. The molecule has 0 amide bonds. The quantitative estimate of drug-likeness (QED) is 0.0839. The maximum Gasteiger partial charge on any atom is 4.00 e. The zero-order valence-corrected chi connectivity index (χ0v) is 36.2. The summed E-state index contributed by atoms with van der Waals surface area (Å²) in [6, 6.07) is 19.5. The van der Waals surface area contributed by atoms with Crippen LogP contribution in [0.1, 0.15) is 0 Å². The largest absolute Gasteiger partial charge is 4.00 e. The fourth-order valence-corrected chi connectivity index (χ4v) is 7.53. The summed E-state index contributed by atoms with van der Waals surface area (Å²) < 4.78 is 178. The van der Waals surface area contributed by atoms with Gasteiger partial charge in [-0.1, -0.05) is 48.5 Å². The molecule has 0 bridgehead atoms. The third kappa shape index (κ3) is 21.1. The van der Waals surface area contributed by atoms with Crippen molar-refractivity contribution in [2.75, 3.05) is 0 Å². The summed E-state index contributed by atoms with van der Waals surface area (Å²) in [4.78, 5) is 38.6. The van der Waals surface area contributed by atoms with Crippen molar-refractivity contribution in [3.05, 3.63) is 97.1 Å². The molecule has 0 aliphatic heterocycles. The molecule has 0 aliphatic rings. The van der Waals surface area contributed by atoms with Gasteiger partial charge in [0, 0.05) is 0 Å². The van der Waals surface area contributed by atoms with E-state index < -0.39 is 116 Å². The SMILES string of the molecule is O=[PH]([O-])Oc1ccccc1S(=O)(=O)O.O=[PH]([O-])Oc1ccccc1S(=O)(=O)O.O=[PH]([O-])Oc1ccccc1S(=O)(=O)O.O=[PH]([O-])Oc1ccccc1S(=O)(=O)O.[Ti+4]. The zero-order chi connectivity index (χ0) is 43.1. The summed E-state index contributed by atoms with van der Waals surface area (Å²) in [6.07, 6.45) is 0. The van der Waals surface area contributed by atoms with E-state index in [1.54, 1.807) is 0 Å². The Bertz CT molecular complexity index is 2170. The van der Waals surface area contributed by atoms with E-state index >= 15 is 0 Å². The van der Waals surface area contributed by atoms with Crippen molar-refractivity contribution in [1.82, 2.24) is 0 Å². The predicted octanol–water partition coefficient (Wildman–Crippen LogP) is 0.246. The Hall–Kier alpha value is -2.81. The minimum Gasteiger partial charge on any atom is -0.771 e. The monoisotopic (exact) mass is 996 g/mol. The van der Waals surface area contributed by atoms with Gasteiger partial charge in [-0.2, -0.15) is 33.7 Å². The molecule has 4 aromatic rings. The van der Waals surface area contributed by atoms with Crippen LogP contribution >= 0.6 is 33.0 Å². The summed E-state index contributed by atoms with van der Waals surface area (Å²) in [5.74, 6) is -1.63. The molecular formula is C24H24O24P4S4Ti. The van der Waals surface area contributed by atoms with Gasteiger partial charge >= 0.3 is 21.7 Å². The van der Waals surface area contributed by atoms with E-state index in [0.29, 0.717) is 0 Å². The van der Waals surface area contributed by atoms with Crippen LogP contribution in [0.2, 0.25) is 0 Å². The minimum atomic E-state index is -4.47. The molecule has 312 valence electrons. The van der Waals surface area contributed by atoms with Crippen LogP contribution in [0.4, 0.5) is 0 Å². The third-order valence-electron chi connectivity index (χ3n) is 5.28. The van der Waals surface area contributed by atoms with Crippen LogP contribution in [-0.2, 0) is 80.5 Å². The Balaban J connectivity index is 0.000000729. The van der Waals surface area contributed by atoms with E-state index in [9.17, 15) is 71.5 Å². The predicted molar refractivity (Wildman–Crippen MR) is 184 cm³/mol. The Morgan fingerprint density at radius 3 is 0.614 bits per heavy atom. The van der Waals surface area contributed by atoms with Gasteiger partial charge in [0.2, 0.25) is 0 Å². The van der Waals surface area contributed by atoms with E-state index in [0.717, 1.165) is 48.5 Å². The number of benzene rings is 4. The van der Waals surface area contributed by atoms with Crippen molar-refractivity contribution in [2.24, 2.45) is 0 Å². The van der Waals surface area contributed by atoms with Crippen LogP contribution in [0.15, 0.2) is 117 Å². The van der Waals surface area contributed by atoms with Crippen molar-refractivity contribution in [2.45, 2.75) is 19.6 Å². The molecule has 0 aromatic heterocycles. The van der Waals surface area contributed by atoms with Crippen LogP contribution in [0, 0.1) is 0 Å².